The van der Waals surface area contributed by atoms with Crippen LogP contribution in [0.15, 0.2) is 0 Å². The molecule has 0 aromatic rings. The van der Waals surface area contributed by atoms with Crippen molar-refractivity contribution in [2.75, 3.05) is 12.3 Å². The van der Waals surface area contributed by atoms with E-state index in [0.29, 0.717) is 0 Å². The fourth-order valence-corrected chi connectivity index (χ4v) is 3.00. The predicted octanol–water partition coefficient (Wildman–Crippen LogP) is 2.23. The third kappa shape index (κ3) is 3.91. The standard InChI is InChI=1S/C7H12NOS2/c9-7-8-5-3-1-2-4-6-10-11-8/h1-6H2. The van der Waals surface area contributed by atoms with Crippen molar-refractivity contribution in [2.24, 2.45) is 0 Å². The van der Waals surface area contributed by atoms with Crippen LogP contribution in [-0.2, 0) is 4.79 Å². The fourth-order valence-electron chi connectivity index (χ4n) is 0.969. The summed E-state index contributed by atoms with van der Waals surface area (Å²) in [5.74, 6) is 1.16. The van der Waals surface area contributed by atoms with Crippen LogP contribution in [0.4, 0.5) is 0 Å². The van der Waals surface area contributed by atoms with Crippen molar-refractivity contribution in [3.8, 4) is 0 Å². The normalized spacial score (nSPS) is 21.6. The molecule has 0 spiro atoms. The van der Waals surface area contributed by atoms with E-state index in [1.165, 1.54) is 30.2 Å². The molecular formula is C7H12NOS2. The Kier molecular flexibility index (Phi) is 4.86. The van der Waals surface area contributed by atoms with Crippen LogP contribution >= 0.6 is 21.8 Å². The second-order valence-electron chi connectivity index (χ2n) is 2.50. The quantitative estimate of drug-likeness (QED) is 0.467. The van der Waals surface area contributed by atoms with Gasteiger partial charge in [-0.15, -0.1) is 0 Å². The molecule has 1 aliphatic rings. The van der Waals surface area contributed by atoms with Gasteiger partial charge in [0, 0.05) is 23.3 Å². The van der Waals surface area contributed by atoms with Crippen LogP contribution in [0.2, 0.25) is 0 Å². The third-order valence-corrected chi connectivity index (χ3v) is 3.94. The molecule has 1 amide bonds. The minimum atomic E-state index is 0.862. The Morgan fingerprint density at radius 3 is 2.82 bits per heavy atom. The monoisotopic (exact) mass is 190 g/mol. The zero-order valence-electron chi connectivity index (χ0n) is 6.41. The summed E-state index contributed by atoms with van der Waals surface area (Å²) in [6.07, 6.45) is 6.89. The highest BCUT2D eigenvalue weighted by atomic mass is 33.1. The molecule has 11 heavy (non-hydrogen) atoms. The van der Waals surface area contributed by atoms with Gasteiger partial charge in [0.05, 0.1) is 0 Å². The van der Waals surface area contributed by atoms with E-state index in [0.717, 1.165) is 18.7 Å². The fraction of sp³-hybridized carbons (Fsp3) is 0.857. The van der Waals surface area contributed by atoms with E-state index in [9.17, 15) is 4.79 Å². The van der Waals surface area contributed by atoms with E-state index in [2.05, 4.69) is 0 Å². The summed E-state index contributed by atoms with van der Waals surface area (Å²) in [5.41, 5.74) is 0. The highest BCUT2D eigenvalue weighted by Gasteiger charge is 2.05. The summed E-state index contributed by atoms with van der Waals surface area (Å²) in [5, 5.41) is 0. The van der Waals surface area contributed by atoms with Crippen LogP contribution in [-0.4, -0.2) is 23.0 Å². The van der Waals surface area contributed by atoms with Crippen LogP contribution in [0.25, 0.3) is 0 Å². The van der Waals surface area contributed by atoms with E-state index in [-0.39, 0.29) is 0 Å². The molecule has 0 unspecified atom stereocenters. The lowest BCUT2D eigenvalue weighted by Gasteiger charge is -2.10. The lowest BCUT2D eigenvalue weighted by atomic mass is 10.2. The summed E-state index contributed by atoms with van der Waals surface area (Å²) in [4.78, 5) is 10.3. The molecule has 0 aromatic heterocycles. The lowest BCUT2D eigenvalue weighted by Crippen LogP contribution is -2.12. The largest absolute Gasteiger partial charge is 0.323 e. The SMILES string of the molecule is O=[C]N1CCCCCCSS1. The van der Waals surface area contributed by atoms with Gasteiger partial charge in [-0.1, -0.05) is 23.6 Å². The molecule has 0 atom stereocenters. The molecular weight excluding hydrogens is 178 g/mol. The maximum atomic E-state index is 10.3. The maximum absolute atomic E-state index is 10.3. The molecule has 0 bridgehead atoms. The second-order valence-corrected chi connectivity index (χ2v) is 4.89. The minimum Gasteiger partial charge on any atom is -0.269 e. The number of hydrogen-bond donors (Lipinski definition) is 0. The van der Waals surface area contributed by atoms with Crippen molar-refractivity contribution < 1.29 is 4.79 Å². The zero-order valence-corrected chi connectivity index (χ0v) is 8.05. The van der Waals surface area contributed by atoms with E-state index in [1.807, 2.05) is 6.41 Å². The Labute approximate surface area is 75.6 Å². The molecule has 1 aliphatic heterocycles. The van der Waals surface area contributed by atoms with Crippen molar-refractivity contribution in [3.63, 3.8) is 0 Å². The molecule has 1 heterocycles. The van der Waals surface area contributed by atoms with Crippen LogP contribution < -0.4 is 0 Å². The zero-order chi connectivity index (χ0) is 7.94. The average Bonchev–Trinajstić information content (AvgIpc) is 2.16. The summed E-state index contributed by atoms with van der Waals surface area (Å²) < 4.78 is 1.66. The first-order valence-electron chi connectivity index (χ1n) is 3.88. The van der Waals surface area contributed by atoms with Crippen LogP contribution in [0.3, 0.4) is 0 Å². The lowest BCUT2D eigenvalue weighted by molar-refractivity contribution is 0.493. The molecule has 63 valence electrons. The van der Waals surface area contributed by atoms with Crippen molar-refractivity contribution in [3.05, 3.63) is 0 Å². The number of nitrogens with zero attached hydrogens (tertiary/aromatic N) is 1. The smallest absolute Gasteiger partial charge is 0.269 e. The Morgan fingerprint density at radius 2 is 2.00 bits per heavy atom. The first kappa shape index (κ1) is 9.26. The van der Waals surface area contributed by atoms with E-state index in [4.69, 9.17) is 0 Å². The molecule has 1 saturated heterocycles. The minimum absolute atomic E-state index is 0.862. The van der Waals surface area contributed by atoms with E-state index in [1.54, 1.807) is 15.1 Å². The van der Waals surface area contributed by atoms with E-state index < -0.39 is 0 Å². The Hall–Kier alpha value is 0.170. The summed E-state index contributed by atoms with van der Waals surface area (Å²) in [6, 6.07) is 0. The number of hydrogen-bond acceptors (Lipinski definition) is 3. The topological polar surface area (TPSA) is 20.3 Å². The first-order chi connectivity index (χ1) is 5.43. The Bertz CT molecular complexity index is 111. The van der Waals surface area contributed by atoms with Gasteiger partial charge < -0.3 is 0 Å². The first-order valence-corrected chi connectivity index (χ1v) is 6.16. The van der Waals surface area contributed by atoms with Crippen molar-refractivity contribution in [2.45, 2.75) is 25.7 Å². The van der Waals surface area contributed by atoms with Crippen LogP contribution in [0.5, 0.6) is 0 Å². The predicted molar refractivity (Wildman–Crippen MR) is 50.9 cm³/mol. The van der Waals surface area contributed by atoms with Gasteiger partial charge in [0.15, 0.2) is 0 Å². The average molecular weight is 190 g/mol. The van der Waals surface area contributed by atoms with Crippen molar-refractivity contribution in [1.82, 2.24) is 4.31 Å². The summed E-state index contributed by atoms with van der Waals surface area (Å²) >= 11 is 0. The second kappa shape index (κ2) is 5.77. The van der Waals surface area contributed by atoms with Gasteiger partial charge in [0.2, 0.25) is 0 Å². The summed E-state index contributed by atoms with van der Waals surface area (Å²) in [6.45, 7) is 0.862. The van der Waals surface area contributed by atoms with Crippen LogP contribution in [0, 0.1) is 0 Å². The van der Waals surface area contributed by atoms with Gasteiger partial charge >= 0.3 is 6.41 Å². The Balaban J connectivity index is 2.24. The molecule has 1 rings (SSSR count). The van der Waals surface area contributed by atoms with Crippen molar-refractivity contribution in [1.29, 1.82) is 0 Å². The molecule has 1 fully saturated rings. The molecule has 0 saturated carbocycles. The van der Waals surface area contributed by atoms with Gasteiger partial charge in [-0.05, 0) is 12.8 Å². The number of carbonyl (C=O) groups excluding carboxylic acids is 1. The molecule has 2 nitrogen and oxygen atoms in total. The third-order valence-electron chi connectivity index (χ3n) is 1.58. The molecule has 4 heteroatoms. The number of rotatable bonds is 1. The Morgan fingerprint density at radius 1 is 1.18 bits per heavy atom. The summed E-state index contributed by atoms with van der Waals surface area (Å²) in [7, 11) is 3.29. The molecule has 0 aromatic carbocycles. The van der Waals surface area contributed by atoms with Gasteiger partial charge in [-0.25, -0.2) is 0 Å². The maximum Gasteiger partial charge on any atom is 0.323 e. The van der Waals surface area contributed by atoms with Gasteiger partial charge in [-0.2, -0.15) is 0 Å². The number of amides is 1. The van der Waals surface area contributed by atoms with Gasteiger partial charge in [0.1, 0.15) is 0 Å². The van der Waals surface area contributed by atoms with Gasteiger partial charge in [0.25, 0.3) is 0 Å². The van der Waals surface area contributed by atoms with E-state index >= 15 is 0 Å². The molecule has 0 N–H and O–H groups in total. The molecule has 0 aliphatic carbocycles. The van der Waals surface area contributed by atoms with Gasteiger partial charge in [-0.3, -0.25) is 9.10 Å². The highest BCUT2D eigenvalue weighted by molar-refractivity contribution is 8.75. The van der Waals surface area contributed by atoms with Crippen LogP contribution in [0.1, 0.15) is 25.7 Å². The highest BCUT2D eigenvalue weighted by Crippen LogP contribution is 2.27. The molecule has 1 radical (unpaired) electrons. The van der Waals surface area contributed by atoms with Crippen molar-refractivity contribution >= 4 is 28.2 Å².